The number of hydrogen-bond acceptors (Lipinski definition) is 9. The van der Waals surface area contributed by atoms with E-state index >= 15 is 0 Å². The van der Waals surface area contributed by atoms with E-state index in [1.807, 2.05) is 49.6 Å². The van der Waals surface area contributed by atoms with Gasteiger partial charge in [0.05, 0.1) is 17.2 Å². The molecule has 0 N–H and O–H groups in total. The normalized spacial score (nSPS) is 12.3. The second-order valence-electron chi connectivity index (χ2n) is 5.73. The third-order valence-corrected chi connectivity index (χ3v) is 5.68. The fraction of sp³-hybridized carbons (Fsp3) is 0.235. The molecule has 0 saturated heterocycles. The predicted octanol–water partition coefficient (Wildman–Crippen LogP) is 3.94. The predicted molar refractivity (Wildman–Crippen MR) is 102 cm³/mol. The summed E-state index contributed by atoms with van der Waals surface area (Å²) in [5, 5.41) is 22.8. The standard InChI is InChI=1S/C17H16N6O2S2/c1-10-6-7-13(24-3)12(9-10)23-17(20-21-22-23)27-11(2)15-18-19-16(25-15)14-5-4-8-26-14/h4-9,11H,1-3H3/t11-/m1/s1. The lowest BCUT2D eigenvalue weighted by molar-refractivity contribution is 0.410. The summed E-state index contributed by atoms with van der Waals surface area (Å²) in [7, 11) is 1.62. The summed E-state index contributed by atoms with van der Waals surface area (Å²) < 4.78 is 12.9. The maximum atomic E-state index is 5.81. The zero-order chi connectivity index (χ0) is 18.8. The molecule has 0 aliphatic heterocycles. The largest absolute Gasteiger partial charge is 0.494 e. The molecule has 0 saturated carbocycles. The minimum atomic E-state index is -0.119. The summed E-state index contributed by atoms with van der Waals surface area (Å²) >= 11 is 3.00. The minimum Gasteiger partial charge on any atom is -0.494 e. The van der Waals surface area contributed by atoms with Crippen molar-refractivity contribution in [2.24, 2.45) is 0 Å². The quantitative estimate of drug-likeness (QED) is 0.449. The highest BCUT2D eigenvalue weighted by Gasteiger charge is 2.21. The van der Waals surface area contributed by atoms with Crippen molar-refractivity contribution in [3.8, 4) is 22.2 Å². The van der Waals surface area contributed by atoms with Crippen LogP contribution in [-0.2, 0) is 0 Å². The van der Waals surface area contributed by atoms with Crippen molar-refractivity contribution in [2.75, 3.05) is 7.11 Å². The summed E-state index contributed by atoms with van der Waals surface area (Å²) in [6.07, 6.45) is 0. The van der Waals surface area contributed by atoms with Gasteiger partial charge in [-0.05, 0) is 53.4 Å². The van der Waals surface area contributed by atoms with E-state index in [1.165, 1.54) is 11.8 Å². The Morgan fingerprint density at radius 1 is 1.22 bits per heavy atom. The molecule has 0 spiro atoms. The SMILES string of the molecule is COc1ccc(C)cc1-n1nnnc1S[C@H](C)c1nnc(-c2cccs2)o1. The smallest absolute Gasteiger partial charge is 0.257 e. The first kappa shape index (κ1) is 17.7. The fourth-order valence-corrected chi connectivity index (χ4v) is 3.95. The molecule has 138 valence electrons. The van der Waals surface area contributed by atoms with E-state index in [1.54, 1.807) is 23.1 Å². The van der Waals surface area contributed by atoms with Crippen LogP contribution in [0.4, 0.5) is 0 Å². The Morgan fingerprint density at radius 2 is 2.11 bits per heavy atom. The van der Waals surface area contributed by atoms with E-state index in [4.69, 9.17) is 9.15 Å². The van der Waals surface area contributed by atoms with Crippen LogP contribution in [0.1, 0.15) is 23.6 Å². The number of thiophene rings is 1. The summed E-state index contributed by atoms with van der Waals surface area (Å²) in [4.78, 5) is 0.945. The van der Waals surface area contributed by atoms with E-state index in [0.29, 0.717) is 22.7 Å². The van der Waals surface area contributed by atoms with Crippen LogP contribution in [0.3, 0.4) is 0 Å². The van der Waals surface area contributed by atoms with Crippen LogP contribution in [0.5, 0.6) is 5.75 Å². The monoisotopic (exact) mass is 400 g/mol. The van der Waals surface area contributed by atoms with Gasteiger partial charge in [0.1, 0.15) is 11.4 Å². The van der Waals surface area contributed by atoms with Gasteiger partial charge in [0.25, 0.3) is 5.89 Å². The van der Waals surface area contributed by atoms with Gasteiger partial charge in [-0.2, -0.15) is 4.68 Å². The van der Waals surface area contributed by atoms with E-state index in [9.17, 15) is 0 Å². The van der Waals surface area contributed by atoms with Gasteiger partial charge in [0.2, 0.25) is 11.0 Å². The molecule has 0 fully saturated rings. The number of thioether (sulfide) groups is 1. The maximum absolute atomic E-state index is 5.81. The molecule has 0 aliphatic carbocycles. The van der Waals surface area contributed by atoms with Crippen molar-refractivity contribution in [1.29, 1.82) is 0 Å². The molecule has 0 bridgehead atoms. The average Bonchev–Trinajstić information content (AvgIpc) is 3.42. The molecular weight excluding hydrogens is 384 g/mol. The Labute approximate surface area is 163 Å². The van der Waals surface area contributed by atoms with E-state index in [2.05, 4.69) is 25.7 Å². The molecule has 4 aromatic rings. The van der Waals surface area contributed by atoms with Gasteiger partial charge in [-0.1, -0.05) is 23.9 Å². The number of tetrazole rings is 1. The van der Waals surface area contributed by atoms with Crippen molar-refractivity contribution in [1.82, 2.24) is 30.4 Å². The number of ether oxygens (including phenoxy) is 1. The summed E-state index contributed by atoms with van der Waals surface area (Å²) in [6, 6.07) is 9.75. The number of aromatic nitrogens is 6. The van der Waals surface area contributed by atoms with E-state index in [0.717, 1.165) is 16.1 Å². The Balaban J connectivity index is 1.60. The number of benzene rings is 1. The molecule has 0 amide bonds. The second kappa shape index (κ2) is 7.49. The summed E-state index contributed by atoms with van der Waals surface area (Å²) in [6.45, 7) is 3.98. The van der Waals surface area contributed by atoms with Gasteiger partial charge >= 0.3 is 0 Å². The first-order valence-electron chi connectivity index (χ1n) is 8.13. The number of hydrogen-bond donors (Lipinski definition) is 0. The molecule has 0 radical (unpaired) electrons. The van der Waals surface area contributed by atoms with Gasteiger partial charge in [-0.15, -0.1) is 26.6 Å². The van der Waals surface area contributed by atoms with Gasteiger partial charge in [-0.25, -0.2) is 0 Å². The lowest BCUT2D eigenvalue weighted by atomic mass is 10.2. The molecule has 4 rings (SSSR count). The number of nitrogens with zero attached hydrogens (tertiary/aromatic N) is 6. The first-order valence-corrected chi connectivity index (χ1v) is 9.89. The van der Waals surface area contributed by atoms with Crippen molar-refractivity contribution in [3.05, 3.63) is 47.2 Å². The summed E-state index contributed by atoms with van der Waals surface area (Å²) in [5.74, 6) is 1.74. The zero-order valence-corrected chi connectivity index (χ0v) is 16.5. The molecule has 1 atom stereocenters. The van der Waals surface area contributed by atoms with Crippen molar-refractivity contribution in [2.45, 2.75) is 24.3 Å². The molecule has 3 heterocycles. The lowest BCUT2D eigenvalue weighted by Gasteiger charge is -2.11. The molecule has 8 nitrogen and oxygen atoms in total. The van der Waals surface area contributed by atoms with Gasteiger partial charge in [0, 0.05) is 0 Å². The van der Waals surface area contributed by atoms with Crippen molar-refractivity contribution in [3.63, 3.8) is 0 Å². The number of methoxy groups -OCH3 is 1. The number of rotatable bonds is 6. The Kier molecular flexibility index (Phi) is 4.90. The molecule has 27 heavy (non-hydrogen) atoms. The fourth-order valence-electron chi connectivity index (χ4n) is 2.48. The maximum Gasteiger partial charge on any atom is 0.257 e. The highest BCUT2D eigenvalue weighted by atomic mass is 32.2. The molecule has 10 heteroatoms. The van der Waals surface area contributed by atoms with Gasteiger partial charge in [-0.3, -0.25) is 0 Å². The van der Waals surface area contributed by atoms with Crippen molar-refractivity contribution >= 4 is 23.1 Å². The van der Waals surface area contributed by atoms with Gasteiger partial charge in [0.15, 0.2) is 0 Å². The molecule has 3 aromatic heterocycles. The molecule has 1 aromatic carbocycles. The number of aryl methyl sites for hydroxylation is 1. The second-order valence-corrected chi connectivity index (χ2v) is 7.99. The highest BCUT2D eigenvalue weighted by molar-refractivity contribution is 7.99. The molecule has 0 aliphatic rings. The Morgan fingerprint density at radius 3 is 2.89 bits per heavy atom. The van der Waals surface area contributed by atoms with Crippen LogP contribution in [-0.4, -0.2) is 37.5 Å². The van der Waals surface area contributed by atoms with Crippen molar-refractivity contribution < 1.29 is 9.15 Å². The van der Waals surface area contributed by atoms with E-state index < -0.39 is 0 Å². The molecular formula is C17H16N6O2S2. The lowest BCUT2D eigenvalue weighted by Crippen LogP contribution is -2.03. The Hall–Kier alpha value is -2.72. The third-order valence-electron chi connectivity index (χ3n) is 3.81. The average molecular weight is 400 g/mol. The Bertz CT molecular complexity index is 1040. The van der Waals surface area contributed by atoms with Crippen LogP contribution < -0.4 is 4.74 Å². The topological polar surface area (TPSA) is 91.8 Å². The minimum absolute atomic E-state index is 0.119. The van der Waals surface area contributed by atoms with Crippen LogP contribution >= 0.6 is 23.1 Å². The van der Waals surface area contributed by atoms with Crippen LogP contribution in [0.2, 0.25) is 0 Å². The van der Waals surface area contributed by atoms with E-state index in [-0.39, 0.29) is 5.25 Å². The zero-order valence-electron chi connectivity index (χ0n) is 14.9. The van der Waals surface area contributed by atoms with Crippen LogP contribution in [0.25, 0.3) is 16.5 Å². The van der Waals surface area contributed by atoms with Crippen LogP contribution in [0, 0.1) is 6.92 Å². The van der Waals surface area contributed by atoms with Gasteiger partial charge < -0.3 is 9.15 Å². The highest BCUT2D eigenvalue weighted by Crippen LogP contribution is 2.36. The summed E-state index contributed by atoms with van der Waals surface area (Å²) in [5.41, 5.74) is 1.87. The van der Waals surface area contributed by atoms with Crippen LogP contribution in [0.15, 0.2) is 45.3 Å². The third kappa shape index (κ3) is 3.58. The first-order chi connectivity index (χ1) is 13.2. The molecule has 0 unspecified atom stereocenters.